The molecule has 1 rings (SSSR count). The van der Waals surface area contributed by atoms with Crippen molar-refractivity contribution >= 4 is 46.4 Å². The Morgan fingerprint density at radius 1 is 1.43 bits per heavy atom. The van der Waals surface area contributed by atoms with Crippen molar-refractivity contribution in [1.29, 1.82) is 0 Å². The molecule has 1 aromatic rings. The Morgan fingerprint density at radius 2 is 2.10 bits per heavy atom. The SMILES string of the molecule is COc1cccc(NC(N)=NCCS(=O)C(C)(C)C)c1.I. The number of benzene rings is 1. The predicted molar refractivity (Wildman–Crippen MR) is 101 cm³/mol. The molecule has 0 saturated carbocycles. The maximum Gasteiger partial charge on any atom is 0.193 e. The fourth-order valence-electron chi connectivity index (χ4n) is 1.44. The lowest BCUT2D eigenvalue weighted by Crippen LogP contribution is -2.27. The molecule has 1 aromatic carbocycles. The molecule has 0 heterocycles. The van der Waals surface area contributed by atoms with Crippen molar-refractivity contribution in [3.63, 3.8) is 0 Å². The lowest BCUT2D eigenvalue weighted by molar-refractivity contribution is 0.415. The second kappa shape index (κ2) is 9.24. The van der Waals surface area contributed by atoms with Gasteiger partial charge in [-0.25, -0.2) is 0 Å². The van der Waals surface area contributed by atoms with E-state index in [9.17, 15) is 4.21 Å². The second-order valence-corrected chi connectivity index (χ2v) is 7.61. The zero-order chi connectivity index (χ0) is 15.2. The van der Waals surface area contributed by atoms with Crippen molar-refractivity contribution in [3.8, 4) is 5.75 Å². The van der Waals surface area contributed by atoms with E-state index in [0.717, 1.165) is 11.4 Å². The van der Waals surface area contributed by atoms with Crippen LogP contribution in [0.5, 0.6) is 5.75 Å². The van der Waals surface area contributed by atoms with Crippen LogP contribution in [0.1, 0.15) is 20.8 Å². The molecule has 7 heteroatoms. The zero-order valence-electron chi connectivity index (χ0n) is 12.9. The number of aliphatic imine (C=N–C) groups is 1. The average molecular weight is 425 g/mol. The van der Waals surface area contributed by atoms with Gasteiger partial charge in [0.15, 0.2) is 5.96 Å². The van der Waals surface area contributed by atoms with E-state index in [1.54, 1.807) is 7.11 Å². The number of nitrogens with two attached hydrogens (primary N) is 1. The van der Waals surface area contributed by atoms with Crippen LogP contribution in [-0.4, -0.2) is 34.3 Å². The van der Waals surface area contributed by atoms with Crippen LogP contribution in [0.25, 0.3) is 0 Å². The van der Waals surface area contributed by atoms with Crippen LogP contribution < -0.4 is 15.8 Å². The van der Waals surface area contributed by atoms with Gasteiger partial charge in [0.2, 0.25) is 0 Å². The molecule has 0 aliphatic carbocycles. The first-order chi connectivity index (χ1) is 9.32. The third-order valence-corrected chi connectivity index (χ3v) is 4.50. The third-order valence-electron chi connectivity index (χ3n) is 2.58. The molecule has 3 N–H and O–H groups in total. The third kappa shape index (κ3) is 7.66. The number of hydrogen-bond donors (Lipinski definition) is 2. The van der Waals surface area contributed by atoms with Crippen LogP contribution in [0.4, 0.5) is 5.69 Å². The summed E-state index contributed by atoms with van der Waals surface area (Å²) in [5.41, 5.74) is 6.60. The summed E-state index contributed by atoms with van der Waals surface area (Å²) in [5.74, 6) is 1.56. The first kappa shape index (κ1) is 20.2. The maximum absolute atomic E-state index is 11.9. The highest BCUT2D eigenvalue weighted by atomic mass is 127. The number of rotatable bonds is 5. The molecule has 1 atom stereocenters. The number of halogens is 1. The number of anilines is 1. The van der Waals surface area contributed by atoms with Crippen LogP contribution in [0.3, 0.4) is 0 Å². The number of nitrogens with one attached hydrogen (secondary N) is 1. The van der Waals surface area contributed by atoms with Gasteiger partial charge in [-0.3, -0.25) is 9.20 Å². The van der Waals surface area contributed by atoms with Crippen LogP contribution in [0.15, 0.2) is 29.3 Å². The molecule has 0 bridgehead atoms. The molecule has 0 spiro atoms. The Labute approximate surface area is 146 Å². The van der Waals surface area contributed by atoms with Crippen molar-refractivity contribution in [3.05, 3.63) is 24.3 Å². The summed E-state index contributed by atoms with van der Waals surface area (Å²) < 4.78 is 16.8. The Bertz CT molecular complexity index is 501. The van der Waals surface area contributed by atoms with Gasteiger partial charge in [0.25, 0.3) is 0 Å². The van der Waals surface area contributed by atoms with Gasteiger partial charge in [0.1, 0.15) is 5.75 Å². The summed E-state index contributed by atoms with van der Waals surface area (Å²) >= 11 is 0. The molecule has 0 aliphatic rings. The minimum absolute atomic E-state index is 0. The van der Waals surface area contributed by atoms with E-state index in [-0.39, 0.29) is 28.7 Å². The molecule has 21 heavy (non-hydrogen) atoms. The van der Waals surface area contributed by atoms with Gasteiger partial charge in [-0.1, -0.05) is 6.07 Å². The highest BCUT2D eigenvalue weighted by Crippen LogP contribution is 2.16. The van der Waals surface area contributed by atoms with Crippen LogP contribution in [0, 0.1) is 0 Å². The summed E-state index contributed by atoms with van der Waals surface area (Å²) in [4.78, 5) is 4.18. The standard InChI is InChI=1S/C14H23N3O2S.HI/c1-14(2,3)20(18)9-8-16-13(15)17-11-6-5-7-12(10-11)19-4;/h5-7,10H,8-9H2,1-4H3,(H3,15,16,17);1H. The Morgan fingerprint density at radius 3 is 2.67 bits per heavy atom. The number of methoxy groups -OCH3 is 1. The quantitative estimate of drug-likeness (QED) is 0.432. The predicted octanol–water partition coefficient (Wildman–Crippen LogP) is 2.59. The monoisotopic (exact) mass is 425 g/mol. The highest BCUT2D eigenvalue weighted by Gasteiger charge is 2.18. The minimum atomic E-state index is -0.916. The summed E-state index contributed by atoms with van der Waals surface area (Å²) in [7, 11) is 0.694. The Balaban J connectivity index is 0.00000400. The summed E-state index contributed by atoms with van der Waals surface area (Å²) in [5, 5.41) is 2.98. The fourth-order valence-corrected chi connectivity index (χ4v) is 2.31. The summed E-state index contributed by atoms with van der Waals surface area (Å²) in [6, 6.07) is 7.42. The van der Waals surface area contributed by atoms with E-state index in [2.05, 4.69) is 10.3 Å². The molecular formula is C14H24IN3O2S. The highest BCUT2D eigenvalue weighted by molar-refractivity contribution is 14.0. The van der Waals surface area contributed by atoms with Gasteiger partial charge in [0.05, 0.1) is 13.7 Å². The number of hydrogen-bond acceptors (Lipinski definition) is 3. The van der Waals surface area contributed by atoms with Crippen molar-refractivity contribution in [2.24, 2.45) is 10.7 Å². The van der Waals surface area contributed by atoms with Crippen molar-refractivity contribution in [2.45, 2.75) is 25.5 Å². The lowest BCUT2D eigenvalue weighted by Gasteiger charge is -2.16. The number of nitrogens with zero attached hydrogens (tertiary/aromatic N) is 1. The molecule has 0 amide bonds. The van der Waals surface area contributed by atoms with Crippen LogP contribution >= 0.6 is 24.0 Å². The van der Waals surface area contributed by atoms with E-state index in [1.165, 1.54) is 0 Å². The summed E-state index contributed by atoms with van der Waals surface area (Å²) in [6.07, 6.45) is 0. The topological polar surface area (TPSA) is 76.7 Å². The molecule has 0 aromatic heterocycles. The molecule has 0 aliphatic heterocycles. The van der Waals surface area contributed by atoms with Gasteiger partial charge >= 0.3 is 0 Å². The molecule has 1 unspecified atom stereocenters. The van der Waals surface area contributed by atoms with Crippen molar-refractivity contribution in [2.75, 3.05) is 24.7 Å². The largest absolute Gasteiger partial charge is 0.497 e. The molecule has 0 fully saturated rings. The minimum Gasteiger partial charge on any atom is -0.497 e. The molecule has 0 radical (unpaired) electrons. The van der Waals surface area contributed by atoms with E-state index in [0.29, 0.717) is 18.3 Å². The lowest BCUT2D eigenvalue weighted by atomic mass is 10.3. The van der Waals surface area contributed by atoms with Crippen LogP contribution in [0.2, 0.25) is 0 Å². The first-order valence-corrected chi connectivity index (χ1v) is 7.74. The normalized spacial score (nSPS) is 13.2. The molecule has 120 valence electrons. The maximum atomic E-state index is 11.9. The Kier molecular flexibility index (Phi) is 8.88. The number of guanidine groups is 1. The van der Waals surface area contributed by atoms with Crippen molar-refractivity contribution in [1.82, 2.24) is 0 Å². The van der Waals surface area contributed by atoms with E-state index in [4.69, 9.17) is 10.5 Å². The molecule has 5 nitrogen and oxygen atoms in total. The van der Waals surface area contributed by atoms with Gasteiger partial charge < -0.3 is 15.8 Å². The van der Waals surface area contributed by atoms with E-state index >= 15 is 0 Å². The average Bonchev–Trinajstić information content (AvgIpc) is 2.37. The van der Waals surface area contributed by atoms with E-state index < -0.39 is 10.8 Å². The van der Waals surface area contributed by atoms with Gasteiger partial charge in [-0.15, -0.1) is 24.0 Å². The van der Waals surface area contributed by atoms with Crippen LogP contribution in [-0.2, 0) is 10.8 Å². The second-order valence-electron chi connectivity index (χ2n) is 5.29. The first-order valence-electron chi connectivity index (χ1n) is 6.42. The number of ether oxygens (including phenoxy) is 1. The van der Waals surface area contributed by atoms with Gasteiger partial charge in [-0.2, -0.15) is 0 Å². The van der Waals surface area contributed by atoms with Gasteiger partial charge in [-0.05, 0) is 32.9 Å². The molecule has 0 saturated heterocycles. The fraction of sp³-hybridized carbons (Fsp3) is 0.500. The summed E-state index contributed by atoms with van der Waals surface area (Å²) in [6.45, 7) is 6.28. The van der Waals surface area contributed by atoms with Gasteiger partial charge in [0, 0.05) is 33.1 Å². The smallest absolute Gasteiger partial charge is 0.193 e. The molecular weight excluding hydrogens is 401 g/mol. The van der Waals surface area contributed by atoms with Crippen molar-refractivity contribution < 1.29 is 8.95 Å². The zero-order valence-corrected chi connectivity index (χ0v) is 16.0. The van der Waals surface area contributed by atoms with E-state index in [1.807, 2.05) is 45.0 Å². The Hall–Kier alpha value is -0.830.